The van der Waals surface area contributed by atoms with Gasteiger partial charge in [-0.15, -0.1) is 0 Å². The summed E-state index contributed by atoms with van der Waals surface area (Å²) in [5.74, 6) is 0.176. The number of benzene rings is 1. The number of hydrogen-bond acceptors (Lipinski definition) is 1. The van der Waals surface area contributed by atoms with Crippen molar-refractivity contribution in [2.75, 3.05) is 0 Å². The van der Waals surface area contributed by atoms with Crippen molar-refractivity contribution in [3.8, 4) is 0 Å². The van der Waals surface area contributed by atoms with Crippen LogP contribution >= 0.6 is 0 Å². The lowest BCUT2D eigenvalue weighted by molar-refractivity contribution is -0.114. The fourth-order valence-corrected chi connectivity index (χ4v) is 1.40. The summed E-state index contributed by atoms with van der Waals surface area (Å²) in [6.07, 6.45) is 2.20. The quantitative estimate of drug-likeness (QED) is 0.666. The van der Waals surface area contributed by atoms with Gasteiger partial charge in [-0.1, -0.05) is 35.4 Å². The maximum absolute atomic E-state index is 11.5. The fourth-order valence-electron chi connectivity index (χ4n) is 1.40. The van der Waals surface area contributed by atoms with Crippen LogP contribution in [0, 0.1) is 6.92 Å². The Hall–Kier alpha value is -1.37. The lowest BCUT2D eigenvalue weighted by atomic mass is 10.1. The first-order valence-electron chi connectivity index (χ1n) is 4.81. The summed E-state index contributed by atoms with van der Waals surface area (Å²) in [4.78, 5) is 11.5. The molecule has 0 aliphatic rings. The minimum atomic E-state index is 0.176. The Morgan fingerprint density at radius 3 is 2.64 bits per heavy atom. The molecule has 0 aromatic heterocycles. The molecule has 14 heavy (non-hydrogen) atoms. The Morgan fingerprint density at radius 1 is 1.36 bits per heavy atom. The van der Waals surface area contributed by atoms with Gasteiger partial charge in [-0.25, -0.2) is 0 Å². The van der Waals surface area contributed by atoms with E-state index in [2.05, 4.69) is 6.07 Å². The van der Waals surface area contributed by atoms with Gasteiger partial charge in [-0.3, -0.25) is 4.79 Å². The lowest BCUT2D eigenvalue weighted by Gasteiger charge is -1.99. The number of allylic oxidation sites excluding steroid dienone is 2. The minimum absolute atomic E-state index is 0.176. The molecule has 0 heterocycles. The second-order valence-corrected chi connectivity index (χ2v) is 3.85. The van der Waals surface area contributed by atoms with Crippen molar-refractivity contribution in [3.63, 3.8) is 0 Å². The molecule has 0 fully saturated rings. The average molecular weight is 188 g/mol. The lowest BCUT2D eigenvalue weighted by Crippen LogP contribution is -1.99. The van der Waals surface area contributed by atoms with Crippen LogP contribution in [-0.4, -0.2) is 5.78 Å². The molecule has 1 rings (SSSR count). The highest BCUT2D eigenvalue weighted by Gasteiger charge is 1.99. The van der Waals surface area contributed by atoms with Crippen molar-refractivity contribution >= 4 is 5.78 Å². The van der Waals surface area contributed by atoms with Crippen LogP contribution in [0.5, 0.6) is 0 Å². The van der Waals surface area contributed by atoms with Gasteiger partial charge in [0.05, 0.1) is 0 Å². The molecular weight excluding hydrogens is 172 g/mol. The smallest absolute Gasteiger partial charge is 0.159 e. The molecule has 0 atom stereocenters. The van der Waals surface area contributed by atoms with Crippen molar-refractivity contribution < 1.29 is 4.79 Å². The molecule has 1 aromatic rings. The number of rotatable bonds is 3. The zero-order chi connectivity index (χ0) is 10.6. The molecule has 0 N–H and O–H groups in total. The Kier molecular flexibility index (Phi) is 3.63. The molecule has 0 amide bonds. The number of hydrogen-bond donors (Lipinski definition) is 0. The van der Waals surface area contributed by atoms with Crippen LogP contribution in [0.3, 0.4) is 0 Å². The molecule has 74 valence electrons. The molecule has 0 spiro atoms. The SMILES string of the molecule is CC(C)=CC(=O)Cc1cccc(C)c1. The van der Waals surface area contributed by atoms with Crippen LogP contribution < -0.4 is 0 Å². The van der Waals surface area contributed by atoms with Crippen LogP contribution in [0.4, 0.5) is 0 Å². The highest BCUT2D eigenvalue weighted by atomic mass is 16.1. The van der Waals surface area contributed by atoms with Gasteiger partial charge in [0.15, 0.2) is 5.78 Å². The summed E-state index contributed by atoms with van der Waals surface area (Å²) in [5, 5.41) is 0. The summed E-state index contributed by atoms with van der Waals surface area (Å²) in [6.45, 7) is 5.91. The third kappa shape index (κ3) is 3.56. The minimum Gasteiger partial charge on any atom is -0.294 e. The summed E-state index contributed by atoms with van der Waals surface area (Å²) in [7, 11) is 0. The summed E-state index contributed by atoms with van der Waals surface area (Å²) in [5.41, 5.74) is 3.35. The van der Waals surface area contributed by atoms with E-state index < -0.39 is 0 Å². The summed E-state index contributed by atoms with van der Waals surface area (Å²) < 4.78 is 0. The molecule has 0 saturated carbocycles. The van der Waals surface area contributed by atoms with Gasteiger partial charge in [0.2, 0.25) is 0 Å². The molecular formula is C13H16O. The Bertz CT molecular complexity index is 357. The monoisotopic (exact) mass is 188 g/mol. The first kappa shape index (κ1) is 10.7. The van der Waals surface area contributed by atoms with Gasteiger partial charge in [0, 0.05) is 6.42 Å². The maximum Gasteiger partial charge on any atom is 0.159 e. The van der Waals surface area contributed by atoms with E-state index >= 15 is 0 Å². The van der Waals surface area contributed by atoms with E-state index in [1.165, 1.54) is 5.56 Å². The first-order chi connectivity index (χ1) is 6.58. The van der Waals surface area contributed by atoms with Gasteiger partial charge >= 0.3 is 0 Å². The second-order valence-electron chi connectivity index (χ2n) is 3.85. The zero-order valence-corrected chi connectivity index (χ0v) is 9.00. The Balaban J connectivity index is 2.70. The summed E-state index contributed by atoms with van der Waals surface area (Å²) in [6, 6.07) is 8.07. The largest absolute Gasteiger partial charge is 0.294 e. The van der Waals surface area contributed by atoms with E-state index in [9.17, 15) is 4.79 Å². The van der Waals surface area contributed by atoms with E-state index in [0.717, 1.165) is 11.1 Å². The molecule has 0 radical (unpaired) electrons. The van der Waals surface area contributed by atoms with Crippen LogP contribution in [0.15, 0.2) is 35.9 Å². The average Bonchev–Trinajstić information content (AvgIpc) is 2.01. The van der Waals surface area contributed by atoms with Gasteiger partial charge < -0.3 is 0 Å². The number of ketones is 1. The van der Waals surface area contributed by atoms with E-state index in [-0.39, 0.29) is 5.78 Å². The van der Waals surface area contributed by atoms with E-state index in [1.807, 2.05) is 39.0 Å². The van der Waals surface area contributed by atoms with Crippen molar-refractivity contribution in [2.45, 2.75) is 27.2 Å². The fraction of sp³-hybridized carbons (Fsp3) is 0.308. The van der Waals surface area contributed by atoms with Crippen LogP contribution in [0.1, 0.15) is 25.0 Å². The molecule has 0 aliphatic heterocycles. The summed E-state index contributed by atoms with van der Waals surface area (Å²) >= 11 is 0. The molecule has 0 aliphatic carbocycles. The normalized spacial score (nSPS) is 9.64. The van der Waals surface area contributed by atoms with Gasteiger partial charge in [-0.2, -0.15) is 0 Å². The zero-order valence-electron chi connectivity index (χ0n) is 9.00. The number of aryl methyl sites for hydroxylation is 1. The molecule has 1 heteroatoms. The highest BCUT2D eigenvalue weighted by molar-refractivity contribution is 5.91. The molecule has 1 aromatic carbocycles. The van der Waals surface area contributed by atoms with Gasteiger partial charge in [0.1, 0.15) is 0 Å². The van der Waals surface area contributed by atoms with E-state index in [1.54, 1.807) is 6.08 Å². The third-order valence-electron chi connectivity index (χ3n) is 1.91. The van der Waals surface area contributed by atoms with Crippen LogP contribution in [0.2, 0.25) is 0 Å². The molecule has 1 nitrogen and oxygen atoms in total. The third-order valence-corrected chi connectivity index (χ3v) is 1.91. The van der Waals surface area contributed by atoms with Gasteiger partial charge in [-0.05, 0) is 32.4 Å². The maximum atomic E-state index is 11.5. The standard InChI is InChI=1S/C13H16O/c1-10(2)7-13(14)9-12-6-4-5-11(3)8-12/h4-8H,9H2,1-3H3. The van der Waals surface area contributed by atoms with Crippen molar-refractivity contribution in [1.82, 2.24) is 0 Å². The van der Waals surface area contributed by atoms with Crippen LogP contribution in [-0.2, 0) is 11.2 Å². The van der Waals surface area contributed by atoms with E-state index in [4.69, 9.17) is 0 Å². The van der Waals surface area contributed by atoms with Crippen molar-refractivity contribution in [3.05, 3.63) is 47.0 Å². The Morgan fingerprint density at radius 2 is 2.07 bits per heavy atom. The van der Waals surface area contributed by atoms with Crippen molar-refractivity contribution in [1.29, 1.82) is 0 Å². The number of carbonyl (C=O) groups excluding carboxylic acids is 1. The van der Waals surface area contributed by atoms with Crippen molar-refractivity contribution in [2.24, 2.45) is 0 Å². The predicted octanol–water partition coefficient (Wildman–Crippen LogP) is 3.07. The van der Waals surface area contributed by atoms with E-state index in [0.29, 0.717) is 6.42 Å². The number of carbonyl (C=O) groups is 1. The first-order valence-corrected chi connectivity index (χ1v) is 4.81. The molecule has 0 unspecified atom stereocenters. The van der Waals surface area contributed by atoms with Gasteiger partial charge in [0.25, 0.3) is 0 Å². The molecule has 0 bridgehead atoms. The highest BCUT2D eigenvalue weighted by Crippen LogP contribution is 2.06. The molecule has 0 saturated heterocycles. The van der Waals surface area contributed by atoms with Crippen LogP contribution in [0.25, 0.3) is 0 Å². The Labute approximate surface area is 85.5 Å². The topological polar surface area (TPSA) is 17.1 Å². The predicted molar refractivity (Wildman–Crippen MR) is 59.3 cm³/mol. The second kappa shape index (κ2) is 4.75.